The Morgan fingerprint density at radius 3 is 2.74 bits per heavy atom. The van der Waals surface area contributed by atoms with E-state index in [1.807, 2.05) is 6.92 Å². The molecule has 0 aliphatic rings. The number of carbonyl (C=O) groups is 1. The van der Waals surface area contributed by atoms with Crippen molar-refractivity contribution in [2.24, 2.45) is 0 Å². The van der Waals surface area contributed by atoms with Gasteiger partial charge in [-0.05, 0) is 30.2 Å². The first-order chi connectivity index (χ1) is 18.8. The minimum atomic E-state index is -4.68. The molecule has 13 heteroatoms. The Kier molecular flexibility index (Phi) is 8.62. The van der Waals surface area contributed by atoms with Crippen molar-refractivity contribution in [3.05, 3.63) is 72.5 Å². The third-order valence-corrected chi connectivity index (χ3v) is 5.61. The average Bonchev–Trinajstić information content (AvgIpc) is 3.53. The number of halogens is 3. The third-order valence-electron chi connectivity index (χ3n) is 5.61. The number of aliphatic hydroxyl groups excluding tert-OH is 1. The van der Waals surface area contributed by atoms with Crippen molar-refractivity contribution in [1.29, 1.82) is 0 Å². The van der Waals surface area contributed by atoms with Gasteiger partial charge in [0.15, 0.2) is 5.69 Å². The van der Waals surface area contributed by atoms with Crippen molar-refractivity contribution in [3.63, 3.8) is 0 Å². The summed E-state index contributed by atoms with van der Waals surface area (Å²) in [4.78, 5) is 21.0. The highest BCUT2D eigenvalue weighted by Gasteiger charge is 2.38. The van der Waals surface area contributed by atoms with E-state index in [2.05, 4.69) is 21.6 Å². The molecular weight excluding hydrogens is 519 g/mol. The number of nitrogens with zero attached hydrogens (tertiary/aromatic N) is 5. The number of imidazole rings is 1. The number of allylic oxidation sites excluding steroid dienone is 1. The second kappa shape index (κ2) is 12.1. The molecule has 39 heavy (non-hydrogen) atoms. The van der Waals surface area contributed by atoms with Crippen LogP contribution in [0.15, 0.2) is 55.6 Å². The van der Waals surface area contributed by atoms with Gasteiger partial charge in [0.05, 0.1) is 49.4 Å². The molecular formula is C26H26F3N5O5. The van der Waals surface area contributed by atoms with E-state index >= 15 is 0 Å². The summed E-state index contributed by atoms with van der Waals surface area (Å²) in [6.07, 6.45) is 2.74. The lowest BCUT2D eigenvalue weighted by molar-refractivity contribution is -0.141. The van der Waals surface area contributed by atoms with Gasteiger partial charge in [0, 0.05) is 18.6 Å². The second-order valence-electron chi connectivity index (χ2n) is 8.22. The van der Waals surface area contributed by atoms with E-state index in [-0.39, 0.29) is 55.8 Å². The summed E-state index contributed by atoms with van der Waals surface area (Å²) >= 11 is 0. The number of benzene rings is 1. The minimum Gasteiger partial charge on any atom is -0.460 e. The number of esters is 1. The summed E-state index contributed by atoms with van der Waals surface area (Å²) in [5.41, 5.74) is 0.191. The van der Waals surface area contributed by atoms with Crippen LogP contribution in [0, 0.1) is 0 Å². The molecule has 0 saturated carbocycles. The van der Waals surface area contributed by atoms with Gasteiger partial charge in [-0.2, -0.15) is 18.3 Å². The number of rotatable bonds is 12. The molecule has 4 rings (SSSR count). The summed E-state index contributed by atoms with van der Waals surface area (Å²) in [5.74, 6) is -0.106. The molecule has 0 unspecified atom stereocenters. The molecule has 0 aliphatic heterocycles. The van der Waals surface area contributed by atoms with Crippen LogP contribution in [0.2, 0.25) is 0 Å². The van der Waals surface area contributed by atoms with E-state index in [0.717, 1.165) is 4.68 Å². The molecule has 3 heterocycles. The third kappa shape index (κ3) is 6.26. The highest BCUT2D eigenvalue weighted by atomic mass is 19.4. The van der Waals surface area contributed by atoms with Crippen molar-refractivity contribution in [1.82, 2.24) is 24.1 Å². The van der Waals surface area contributed by atoms with Crippen LogP contribution in [0.4, 0.5) is 13.2 Å². The predicted molar refractivity (Wildman–Crippen MR) is 133 cm³/mol. The Morgan fingerprint density at radius 1 is 1.21 bits per heavy atom. The molecule has 0 amide bonds. The maximum atomic E-state index is 13.7. The minimum absolute atomic E-state index is 0.0386. The number of alkyl halides is 3. The Balaban J connectivity index is 1.60. The zero-order valence-electron chi connectivity index (χ0n) is 21.0. The number of hydrogen-bond donors (Lipinski definition) is 1. The quantitative estimate of drug-likeness (QED) is 0.159. The van der Waals surface area contributed by atoms with E-state index < -0.39 is 17.8 Å². The zero-order valence-corrected chi connectivity index (χ0v) is 21.0. The van der Waals surface area contributed by atoms with Crippen LogP contribution in [0.1, 0.15) is 28.5 Å². The molecule has 0 radical (unpaired) electrons. The van der Waals surface area contributed by atoms with Crippen LogP contribution in [-0.2, 0) is 28.6 Å². The molecule has 4 aromatic rings. The molecule has 1 N–H and O–H groups in total. The lowest BCUT2D eigenvalue weighted by atomic mass is 10.1. The van der Waals surface area contributed by atoms with Gasteiger partial charge in [0.1, 0.15) is 12.4 Å². The van der Waals surface area contributed by atoms with E-state index in [4.69, 9.17) is 19.3 Å². The second-order valence-corrected chi connectivity index (χ2v) is 8.22. The number of aryl methyl sites for hydroxylation is 1. The van der Waals surface area contributed by atoms with Crippen molar-refractivity contribution in [2.75, 3.05) is 26.4 Å². The molecule has 0 spiro atoms. The first-order valence-corrected chi connectivity index (χ1v) is 12.0. The topological polar surface area (TPSA) is 113 Å². The molecule has 0 saturated heterocycles. The zero-order chi connectivity index (χ0) is 28.0. The fourth-order valence-electron chi connectivity index (χ4n) is 3.89. The van der Waals surface area contributed by atoms with Crippen molar-refractivity contribution in [2.45, 2.75) is 26.1 Å². The highest BCUT2D eigenvalue weighted by Crippen LogP contribution is 2.37. The summed E-state index contributed by atoms with van der Waals surface area (Å²) in [6.45, 7) is 5.76. The summed E-state index contributed by atoms with van der Waals surface area (Å²) in [6, 6.07) is 4.79. The standard InChI is InChI=1S/C26H26F3N5O5/c1-3-8-33-16-20(22(32-33)26(27,28)29)21-15-31-23-24(30-7-9-34(21)23)39-18-5-6-19(17(4-2)14-18)25(36)38-13-12-37-11-10-35/h3,5-7,9,14-16,35H,1,4,8,10-13H2,2H3. The summed E-state index contributed by atoms with van der Waals surface area (Å²) in [5, 5.41) is 12.4. The van der Waals surface area contributed by atoms with Gasteiger partial charge in [-0.25, -0.2) is 14.8 Å². The summed E-state index contributed by atoms with van der Waals surface area (Å²) in [7, 11) is 0. The maximum Gasteiger partial charge on any atom is 0.435 e. The fourth-order valence-corrected chi connectivity index (χ4v) is 3.89. The molecule has 3 aromatic heterocycles. The monoisotopic (exact) mass is 545 g/mol. The number of carbonyl (C=O) groups excluding carboxylic acids is 1. The first-order valence-electron chi connectivity index (χ1n) is 12.0. The van der Waals surface area contributed by atoms with Crippen LogP contribution >= 0.6 is 0 Å². The Labute approximate surface area is 221 Å². The largest absolute Gasteiger partial charge is 0.460 e. The predicted octanol–water partition coefficient (Wildman–Crippen LogP) is 4.32. The average molecular weight is 546 g/mol. The lowest BCUT2D eigenvalue weighted by Crippen LogP contribution is -2.13. The van der Waals surface area contributed by atoms with Gasteiger partial charge < -0.3 is 19.3 Å². The Hall–Kier alpha value is -4.23. The fraction of sp³-hybridized carbons (Fsp3) is 0.308. The number of hydrogen-bond acceptors (Lipinski definition) is 8. The molecule has 10 nitrogen and oxygen atoms in total. The maximum absolute atomic E-state index is 13.7. The molecule has 0 aliphatic carbocycles. The highest BCUT2D eigenvalue weighted by molar-refractivity contribution is 5.91. The molecule has 0 bridgehead atoms. The van der Waals surface area contributed by atoms with Crippen LogP contribution < -0.4 is 4.74 Å². The molecule has 206 valence electrons. The first kappa shape index (κ1) is 27.8. The number of fused-ring (bicyclic) bond motifs is 1. The molecule has 0 atom stereocenters. The van der Waals surface area contributed by atoms with E-state index in [0.29, 0.717) is 23.3 Å². The molecule has 0 fully saturated rings. The SMILES string of the molecule is C=CCn1cc(-c2cnc3c(Oc4ccc(C(=O)OCCOCCO)c(CC)c4)nccn23)c(C(F)(F)F)n1. The van der Waals surface area contributed by atoms with E-state index in [1.165, 1.54) is 35.3 Å². The van der Waals surface area contributed by atoms with Gasteiger partial charge in [0.25, 0.3) is 5.88 Å². The van der Waals surface area contributed by atoms with Crippen LogP contribution in [0.25, 0.3) is 16.9 Å². The van der Waals surface area contributed by atoms with Crippen molar-refractivity contribution < 1.29 is 37.3 Å². The van der Waals surface area contributed by atoms with Gasteiger partial charge in [-0.3, -0.25) is 9.08 Å². The normalized spacial score (nSPS) is 11.6. The van der Waals surface area contributed by atoms with Crippen LogP contribution in [0.5, 0.6) is 11.6 Å². The Morgan fingerprint density at radius 2 is 2.03 bits per heavy atom. The van der Waals surface area contributed by atoms with Crippen LogP contribution in [-0.4, -0.2) is 61.7 Å². The van der Waals surface area contributed by atoms with E-state index in [1.54, 1.807) is 18.2 Å². The Bertz CT molecular complexity index is 1460. The lowest BCUT2D eigenvalue weighted by Gasteiger charge is -2.12. The number of aromatic nitrogens is 5. The van der Waals surface area contributed by atoms with Crippen molar-refractivity contribution >= 4 is 11.6 Å². The number of aliphatic hydroxyl groups is 1. The van der Waals surface area contributed by atoms with Crippen LogP contribution in [0.3, 0.4) is 0 Å². The van der Waals surface area contributed by atoms with Gasteiger partial charge in [-0.15, -0.1) is 6.58 Å². The van der Waals surface area contributed by atoms with Crippen molar-refractivity contribution in [3.8, 4) is 22.9 Å². The van der Waals surface area contributed by atoms with Gasteiger partial charge in [-0.1, -0.05) is 13.0 Å². The summed E-state index contributed by atoms with van der Waals surface area (Å²) < 4.78 is 60.0. The number of ether oxygens (including phenoxy) is 3. The van der Waals surface area contributed by atoms with Gasteiger partial charge in [0.2, 0.25) is 5.65 Å². The van der Waals surface area contributed by atoms with E-state index in [9.17, 15) is 18.0 Å². The van der Waals surface area contributed by atoms with Gasteiger partial charge >= 0.3 is 12.1 Å². The molecule has 1 aromatic carbocycles. The smallest absolute Gasteiger partial charge is 0.435 e.